The molecular formula is C39H64F2O9. The third-order valence-corrected chi connectivity index (χ3v) is 16.0. The largest absolute Gasteiger partial charge is 0.460 e. The number of aliphatic hydroxyl groups is 3. The van der Waals surface area contributed by atoms with Gasteiger partial charge in [0.2, 0.25) is 0 Å². The van der Waals surface area contributed by atoms with Gasteiger partial charge in [-0.05, 0) is 99.2 Å². The van der Waals surface area contributed by atoms with Crippen molar-refractivity contribution in [2.45, 2.75) is 142 Å². The zero-order valence-corrected chi connectivity index (χ0v) is 31.7. The van der Waals surface area contributed by atoms with Crippen LogP contribution in [-0.2, 0) is 28.5 Å². The minimum absolute atomic E-state index is 0.0521. The van der Waals surface area contributed by atoms with Crippen LogP contribution >= 0.6 is 0 Å². The lowest BCUT2D eigenvalue weighted by Crippen LogP contribution is -2.64. The summed E-state index contributed by atoms with van der Waals surface area (Å²) in [6.07, 6.45) is 2.89. The molecule has 11 heteroatoms. The molecule has 0 amide bonds. The monoisotopic (exact) mass is 714 g/mol. The summed E-state index contributed by atoms with van der Waals surface area (Å²) in [5.41, 5.74) is -4.18. The van der Waals surface area contributed by atoms with Crippen LogP contribution < -0.4 is 0 Å². The predicted octanol–water partition coefficient (Wildman–Crippen LogP) is 5.55. The van der Waals surface area contributed by atoms with Gasteiger partial charge in [-0.15, -0.1) is 0 Å². The molecule has 5 saturated carbocycles. The highest BCUT2D eigenvalue weighted by atomic mass is 19.3. The van der Waals surface area contributed by atoms with Gasteiger partial charge in [0, 0.05) is 23.7 Å². The number of hydrogen-bond acceptors (Lipinski definition) is 9. The first-order valence-corrected chi connectivity index (χ1v) is 19.2. The van der Waals surface area contributed by atoms with Crippen molar-refractivity contribution >= 4 is 5.97 Å². The normalized spacial score (nSPS) is 47.2. The van der Waals surface area contributed by atoms with Gasteiger partial charge in [0.15, 0.2) is 0 Å². The van der Waals surface area contributed by atoms with Crippen molar-refractivity contribution in [3.05, 3.63) is 0 Å². The molecule has 288 valence electrons. The van der Waals surface area contributed by atoms with E-state index in [4.69, 9.17) is 28.8 Å². The molecular weight excluding hydrogens is 650 g/mol. The topological polar surface area (TPSA) is 124 Å². The first-order valence-electron chi connectivity index (χ1n) is 19.2. The van der Waals surface area contributed by atoms with E-state index in [0.717, 1.165) is 25.7 Å². The summed E-state index contributed by atoms with van der Waals surface area (Å²) in [6, 6.07) is 0. The van der Waals surface area contributed by atoms with Gasteiger partial charge in [-0.3, -0.25) is 0 Å². The number of alkyl halides is 2. The molecule has 6 rings (SSSR count). The molecule has 1 heterocycles. The molecule has 50 heavy (non-hydrogen) atoms. The summed E-state index contributed by atoms with van der Waals surface area (Å²) in [6.45, 7) is 16.9. The molecule has 3 N–H and O–H groups in total. The Kier molecular flexibility index (Phi) is 9.95. The highest BCUT2D eigenvalue weighted by molar-refractivity contribution is 5.71. The van der Waals surface area contributed by atoms with E-state index in [2.05, 4.69) is 27.7 Å². The fourth-order valence-electron chi connectivity index (χ4n) is 13.7. The molecule has 9 nitrogen and oxygen atoms in total. The van der Waals surface area contributed by atoms with E-state index in [1.165, 1.54) is 0 Å². The molecule has 0 aromatic heterocycles. The van der Waals surface area contributed by atoms with E-state index >= 15 is 8.78 Å². The van der Waals surface area contributed by atoms with Gasteiger partial charge in [0.05, 0.1) is 63.1 Å². The summed E-state index contributed by atoms with van der Waals surface area (Å²) in [7, 11) is 0. The van der Waals surface area contributed by atoms with Crippen molar-refractivity contribution in [1.29, 1.82) is 0 Å². The van der Waals surface area contributed by atoms with Gasteiger partial charge >= 0.3 is 5.97 Å². The second-order valence-electron chi connectivity index (χ2n) is 18.7. The van der Waals surface area contributed by atoms with Crippen molar-refractivity contribution in [2.75, 3.05) is 46.2 Å². The van der Waals surface area contributed by atoms with Crippen LogP contribution in [0.3, 0.4) is 0 Å². The summed E-state index contributed by atoms with van der Waals surface area (Å²) in [5, 5.41) is 31.7. The Balaban J connectivity index is 1.25. The van der Waals surface area contributed by atoms with Crippen molar-refractivity contribution in [1.82, 2.24) is 0 Å². The maximum Gasteiger partial charge on any atom is 0.332 e. The SMILES string of the molecule is C[C@H]1[C@@]23CC[C@]4(C)[C@@H]([C@]5(C)CC[C@@H](C(C)(C)O)O5)[C@@H](O)C[C@@]4(C)[C@@H]2C[C@H](OC(=O)COCCOCCOCCO)[C@H]2C(C)(C)C(F)(F)CC[C@@]123. The van der Waals surface area contributed by atoms with Crippen LogP contribution in [0.25, 0.3) is 0 Å². The van der Waals surface area contributed by atoms with Gasteiger partial charge in [-0.2, -0.15) is 0 Å². The predicted molar refractivity (Wildman–Crippen MR) is 181 cm³/mol. The minimum atomic E-state index is -2.90. The number of carbonyl (C=O) groups is 1. The van der Waals surface area contributed by atoms with Gasteiger partial charge in [0.1, 0.15) is 12.7 Å². The number of rotatable bonds is 13. The lowest BCUT2D eigenvalue weighted by Gasteiger charge is -2.64. The summed E-state index contributed by atoms with van der Waals surface area (Å²) in [5.74, 6) is -3.86. The molecule has 1 saturated heterocycles. The maximum absolute atomic E-state index is 15.9. The van der Waals surface area contributed by atoms with E-state index in [9.17, 15) is 15.0 Å². The lowest BCUT2D eigenvalue weighted by atomic mass is 9.41. The minimum Gasteiger partial charge on any atom is -0.460 e. The Labute approximate surface area is 297 Å². The zero-order chi connectivity index (χ0) is 36.8. The van der Waals surface area contributed by atoms with Crippen molar-refractivity contribution in [2.24, 2.45) is 50.7 Å². The highest BCUT2D eigenvalue weighted by Gasteiger charge is 2.90. The molecule has 5 aliphatic carbocycles. The molecule has 0 radical (unpaired) electrons. The Bertz CT molecular complexity index is 1270. The molecule has 0 aromatic rings. The van der Waals surface area contributed by atoms with Crippen LogP contribution in [0, 0.1) is 50.7 Å². The number of hydrogen-bond donors (Lipinski definition) is 3. The van der Waals surface area contributed by atoms with Gasteiger partial charge in [-0.1, -0.05) is 34.6 Å². The summed E-state index contributed by atoms with van der Waals surface area (Å²) in [4.78, 5) is 13.4. The lowest BCUT2D eigenvalue weighted by molar-refractivity contribution is -0.252. The van der Waals surface area contributed by atoms with Crippen LogP contribution in [0.2, 0.25) is 0 Å². The second-order valence-corrected chi connectivity index (χ2v) is 18.7. The van der Waals surface area contributed by atoms with Crippen LogP contribution in [0.4, 0.5) is 8.78 Å². The Morgan fingerprint density at radius 3 is 2.10 bits per heavy atom. The molecule has 0 aromatic carbocycles. The maximum atomic E-state index is 15.9. The second kappa shape index (κ2) is 12.8. The highest BCUT2D eigenvalue weighted by Crippen LogP contribution is 2.92. The molecule has 2 spiro atoms. The van der Waals surface area contributed by atoms with Crippen LogP contribution in [0.5, 0.6) is 0 Å². The summed E-state index contributed by atoms with van der Waals surface area (Å²) < 4.78 is 61.1. The zero-order valence-electron chi connectivity index (χ0n) is 31.7. The third-order valence-electron chi connectivity index (χ3n) is 16.0. The Morgan fingerprint density at radius 2 is 1.48 bits per heavy atom. The van der Waals surface area contributed by atoms with E-state index in [1.807, 2.05) is 0 Å². The van der Waals surface area contributed by atoms with E-state index in [-0.39, 0.29) is 85.0 Å². The Hall–Kier alpha value is -0.950. The standard InChI is InChI=1S/C39H64F2O9/c1-24-37-12-11-34(6)30(36(8)10-9-28(50-36)33(4,5)45)25(43)22-35(34,7)27(37)21-26(31-32(2,3)39(40,41)14-13-38(24,31)37)49-29(44)23-48-20-19-47-18-17-46-16-15-42/h24-28,30-31,42-43,45H,9-23H2,1-8H3/t24-,25-,26-,27-,28-,30-,31-,34+,35-,36-,37-,38+/m0/s1. The fourth-order valence-corrected chi connectivity index (χ4v) is 13.7. The smallest absolute Gasteiger partial charge is 0.332 e. The average molecular weight is 715 g/mol. The van der Waals surface area contributed by atoms with Crippen molar-refractivity contribution < 1.29 is 52.6 Å². The number of halogens is 2. The van der Waals surface area contributed by atoms with Crippen LogP contribution in [-0.4, -0.2) is 103 Å². The number of ether oxygens (including phenoxy) is 5. The molecule has 0 unspecified atom stereocenters. The molecule has 1 aliphatic heterocycles. The van der Waals surface area contributed by atoms with Gasteiger partial charge < -0.3 is 39.0 Å². The number of esters is 1. The molecule has 6 fully saturated rings. The molecule has 6 aliphatic rings. The Morgan fingerprint density at radius 1 is 0.860 bits per heavy atom. The van der Waals surface area contributed by atoms with Crippen LogP contribution in [0.15, 0.2) is 0 Å². The van der Waals surface area contributed by atoms with E-state index < -0.39 is 46.6 Å². The van der Waals surface area contributed by atoms with E-state index in [0.29, 0.717) is 32.5 Å². The third kappa shape index (κ3) is 5.47. The van der Waals surface area contributed by atoms with Crippen molar-refractivity contribution in [3.63, 3.8) is 0 Å². The molecule has 0 bridgehead atoms. The van der Waals surface area contributed by atoms with Crippen LogP contribution in [0.1, 0.15) is 107 Å². The van der Waals surface area contributed by atoms with Crippen molar-refractivity contribution in [3.8, 4) is 0 Å². The first kappa shape index (κ1) is 38.8. The number of fused-ring (bicyclic) bond motifs is 2. The first-order chi connectivity index (χ1) is 23.2. The fraction of sp³-hybridized carbons (Fsp3) is 0.974. The number of carbonyl (C=O) groups excluding carboxylic acids is 1. The quantitative estimate of drug-likeness (QED) is 0.167. The van der Waals surface area contributed by atoms with Gasteiger partial charge in [0.25, 0.3) is 5.92 Å². The van der Waals surface area contributed by atoms with E-state index in [1.54, 1.807) is 27.7 Å². The average Bonchev–Trinajstić information content (AvgIpc) is 3.21. The summed E-state index contributed by atoms with van der Waals surface area (Å²) >= 11 is 0. The number of aliphatic hydroxyl groups excluding tert-OH is 2. The van der Waals surface area contributed by atoms with Gasteiger partial charge in [-0.25, -0.2) is 13.6 Å². The molecule has 12 atom stereocenters.